The highest BCUT2D eigenvalue weighted by Crippen LogP contribution is 2.51. The molecule has 4 rings (SSSR count). The second-order valence-corrected chi connectivity index (χ2v) is 25.3. The topological polar surface area (TPSA) is 0 Å². The molecular weight excluding hydrogens is 465 g/mol. The highest BCUT2D eigenvalue weighted by Gasteiger charge is 2.46. The summed E-state index contributed by atoms with van der Waals surface area (Å²) in [5, 5.41) is 0.919. The standard InChI is InChI=1S/C34H50Si2/c1-23-15-17-25(3)32-27(19-20-28(23)32)13-11-12-14-31(34(35(5,6)7)36(8,9)10)30-22-21-29-24(2)16-18-26(4)33(29)30/h15-22,27,30-31,34H,11-14H2,1-10H3. The van der Waals surface area contributed by atoms with Crippen LogP contribution in [0.3, 0.4) is 0 Å². The molecule has 2 aliphatic carbocycles. The number of allylic oxidation sites excluding steroid dienone is 2. The van der Waals surface area contributed by atoms with E-state index in [9.17, 15) is 0 Å². The maximum absolute atomic E-state index is 2.65. The Hall–Kier alpha value is -1.65. The zero-order chi connectivity index (χ0) is 26.4. The van der Waals surface area contributed by atoms with Crippen molar-refractivity contribution in [3.63, 3.8) is 0 Å². The van der Waals surface area contributed by atoms with Gasteiger partial charge in [-0.2, -0.15) is 0 Å². The molecule has 0 spiro atoms. The summed E-state index contributed by atoms with van der Waals surface area (Å²) in [7, 11) is -2.67. The molecule has 0 saturated heterocycles. The van der Waals surface area contributed by atoms with Crippen LogP contribution in [0.25, 0.3) is 12.2 Å². The summed E-state index contributed by atoms with van der Waals surface area (Å²) in [6, 6.07) is 9.30. The van der Waals surface area contributed by atoms with Gasteiger partial charge in [0.1, 0.15) is 0 Å². The quantitative estimate of drug-likeness (QED) is 0.230. The normalized spacial score (nSPS) is 19.8. The number of rotatable bonds is 9. The lowest BCUT2D eigenvalue weighted by Gasteiger charge is -2.46. The summed E-state index contributed by atoms with van der Waals surface area (Å²) in [5.74, 6) is 1.98. The van der Waals surface area contributed by atoms with Gasteiger partial charge in [0, 0.05) is 28.0 Å². The van der Waals surface area contributed by atoms with Crippen LogP contribution >= 0.6 is 0 Å². The smallest absolute Gasteiger partial charge is 0.0450 e. The second-order valence-electron chi connectivity index (χ2n) is 14.1. The molecule has 2 aromatic carbocycles. The van der Waals surface area contributed by atoms with E-state index >= 15 is 0 Å². The Morgan fingerprint density at radius 1 is 0.639 bits per heavy atom. The first kappa shape index (κ1) is 27.4. The number of benzene rings is 2. The molecule has 2 heteroatoms. The van der Waals surface area contributed by atoms with Crippen molar-refractivity contribution in [2.24, 2.45) is 5.92 Å². The highest BCUT2D eigenvalue weighted by atomic mass is 28.4. The molecule has 0 aromatic heterocycles. The van der Waals surface area contributed by atoms with Crippen molar-refractivity contribution < 1.29 is 0 Å². The molecule has 0 saturated carbocycles. The van der Waals surface area contributed by atoms with Gasteiger partial charge in [-0.05, 0) is 96.1 Å². The van der Waals surface area contributed by atoms with Crippen LogP contribution in [0.4, 0.5) is 0 Å². The van der Waals surface area contributed by atoms with Crippen LogP contribution in [0.2, 0.25) is 44.4 Å². The van der Waals surface area contributed by atoms with Crippen LogP contribution in [0, 0.1) is 33.6 Å². The minimum atomic E-state index is -1.34. The Morgan fingerprint density at radius 2 is 1.14 bits per heavy atom. The van der Waals surface area contributed by atoms with Gasteiger partial charge in [0.15, 0.2) is 0 Å². The molecular formula is C34H50Si2. The summed E-state index contributed by atoms with van der Waals surface area (Å²) in [6.45, 7) is 25.1. The summed E-state index contributed by atoms with van der Waals surface area (Å²) in [5.41, 5.74) is 12.1. The van der Waals surface area contributed by atoms with Crippen molar-refractivity contribution >= 4 is 28.3 Å². The van der Waals surface area contributed by atoms with Gasteiger partial charge in [0.2, 0.25) is 0 Å². The molecule has 3 atom stereocenters. The van der Waals surface area contributed by atoms with E-state index in [1.54, 1.807) is 11.1 Å². The minimum absolute atomic E-state index is 0.598. The van der Waals surface area contributed by atoms with Crippen molar-refractivity contribution in [2.45, 2.75) is 110 Å². The van der Waals surface area contributed by atoms with Gasteiger partial charge in [-0.3, -0.25) is 0 Å². The molecule has 3 unspecified atom stereocenters. The zero-order valence-corrected chi connectivity index (χ0v) is 26.8. The third-order valence-corrected chi connectivity index (χ3v) is 19.0. The van der Waals surface area contributed by atoms with E-state index in [1.807, 2.05) is 0 Å². The monoisotopic (exact) mass is 514 g/mol. The molecule has 0 aliphatic heterocycles. The van der Waals surface area contributed by atoms with Crippen molar-refractivity contribution in [1.82, 2.24) is 0 Å². The molecule has 0 nitrogen and oxygen atoms in total. The number of aryl methyl sites for hydroxylation is 4. The summed E-state index contributed by atoms with van der Waals surface area (Å²) in [4.78, 5) is 0. The van der Waals surface area contributed by atoms with Crippen LogP contribution in [0.1, 0.15) is 82.0 Å². The SMILES string of the molecule is Cc1ccc(C)c2c1C=CC2CCCCC(C1C=Cc2c(C)ccc(C)c21)C([Si](C)(C)C)[Si](C)(C)C. The van der Waals surface area contributed by atoms with Crippen molar-refractivity contribution in [1.29, 1.82) is 0 Å². The largest absolute Gasteiger partial charge is 0.0764 e. The van der Waals surface area contributed by atoms with Crippen molar-refractivity contribution in [3.8, 4) is 0 Å². The lowest BCUT2D eigenvalue weighted by molar-refractivity contribution is 0.425. The molecule has 0 N–H and O–H groups in total. The Labute approximate surface area is 224 Å². The van der Waals surface area contributed by atoms with Gasteiger partial charge in [0.25, 0.3) is 0 Å². The zero-order valence-electron chi connectivity index (χ0n) is 24.8. The molecule has 0 fully saturated rings. The van der Waals surface area contributed by atoms with Gasteiger partial charge < -0.3 is 0 Å². The minimum Gasteiger partial charge on any atom is -0.0764 e. The summed E-state index contributed by atoms with van der Waals surface area (Å²) < 4.78 is 0. The first-order valence-electron chi connectivity index (χ1n) is 14.4. The molecule has 0 amide bonds. The Morgan fingerprint density at radius 3 is 1.72 bits per heavy atom. The molecule has 0 heterocycles. The summed E-state index contributed by atoms with van der Waals surface area (Å²) in [6.07, 6.45) is 15.3. The van der Waals surface area contributed by atoms with Crippen LogP contribution in [-0.2, 0) is 0 Å². The molecule has 0 bridgehead atoms. The second kappa shape index (κ2) is 10.3. The third kappa shape index (κ3) is 5.32. The molecule has 2 aliphatic rings. The van der Waals surface area contributed by atoms with Crippen LogP contribution in [0.15, 0.2) is 36.4 Å². The van der Waals surface area contributed by atoms with Gasteiger partial charge in [-0.15, -0.1) is 0 Å². The average molecular weight is 515 g/mol. The van der Waals surface area contributed by atoms with Crippen molar-refractivity contribution in [2.75, 3.05) is 0 Å². The number of unbranched alkanes of at least 4 members (excludes halogenated alkanes) is 1. The van der Waals surface area contributed by atoms with Crippen LogP contribution in [-0.4, -0.2) is 16.1 Å². The number of hydrogen-bond acceptors (Lipinski definition) is 0. The van der Waals surface area contributed by atoms with E-state index in [2.05, 4.69) is 116 Å². The Kier molecular flexibility index (Phi) is 7.80. The third-order valence-electron chi connectivity index (χ3n) is 9.17. The molecule has 36 heavy (non-hydrogen) atoms. The lowest BCUT2D eigenvalue weighted by Crippen LogP contribution is -2.49. The van der Waals surface area contributed by atoms with Crippen molar-refractivity contribution in [3.05, 3.63) is 80.9 Å². The van der Waals surface area contributed by atoms with Crippen LogP contribution in [0.5, 0.6) is 0 Å². The van der Waals surface area contributed by atoms with E-state index in [-0.39, 0.29) is 0 Å². The molecule has 194 valence electrons. The van der Waals surface area contributed by atoms with Crippen LogP contribution < -0.4 is 0 Å². The van der Waals surface area contributed by atoms with E-state index in [0.717, 1.165) is 11.1 Å². The number of fused-ring (bicyclic) bond motifs is 2. The average Bonchev–Trinajstić information content (AvgIpc) is 3.40. The Balaban J connectivity index is 1.57. The molecule has 0 radical (unpaired) electrons. The predicted molar refractivity (Wildman–Crippen MR) is 168 cm³/mol. The maximum Gasteiger partial charge on any atom is 0.0450 e. The van der Waals surface area contributed by atoms with E-state index in [0.29, 0.717) is 11.8 Å². The molecule has 2 aromatic rings. The fourth-order valence-electron chi connectivity index (χ4n) is 8.17. The maximum atomic E-state index is 2.65. The van der Waals surface area contributed by atoms with E-state index in [4.69, 9.17) is 0 Å². The predicted octanol–water partition coefficient (Wildman–Crippen LogP) is 10.6. The van der Waals surface area contributed by atoms with E-state index < -0.39 is 16.1 Å². The van der Waals surface area contributed by atoms with Gasteiger partial charge in [0.05, 0.1) is 0 Å². The lowest BCUT2D eigenvalue weighted by atomic mass is 9.82. The highest BCUT2D eigenvalue weighted by molar-refractivity contribution is 6.96. The van der Waals surface area contributed by atoms with Gasteiger partial charge in [-0.25, -0.2) is 0 Å². The number of hydrogen-bond donors (Lipinski definition) is 0. The first-order valence-corrected chi connectivity index (χ1v) is 21.5. The summed E-state index contributed by atoms with van der Waals surface area (Å²) >= 11 is 0. The Bertz CT molecular complexity index is 1160. The first-order chi connectivity index (χ1) is 16.8. The fraction of sp³-hybridized carbons (Fsp3) is 0.529. The fourth-order valence-corrected chi connectivity index (χ4v) is 21.9. The van der Waals surface area contributed by atoms with E-state index in [1.165, 1.54) is 59.1 Å². The van der Waals surface area contributed by atoms with Gasteiger partial charge >= 0.3 is 0 Å². The van der Waals surface area contributed by atoms with Gasteiger partial charge in [-0.1, -0.05) is 101 Å².